The van der Waals surface area contributed by atoms with Crippen LogP contribution in [-0.4, -0.2) is 5.97 Å². The van der Waals surface area contributed by atoms with Crippen LogP contribution < -0.4 is 4.74 Å². The summed E-state index contributed by atoms with van der Waals surface area (Å²) in [6.45, 7) is 2.23. The van der Waals surface area contributed by atoms with E-state index in [2.05, 4.69) is 43.3 Å². The minimum Gasteiger partial charge on any atom is -0.423 e. The van der Waals surface area contributed by atoms with Gasteiger partial charge in [-0.05, 0) is 82.6 Å². The Morgan fingerprint density at radius 1 is 0.829 bits per heavy atom. The number of esters is 1. The lowest BCUT2D eigenvalue weighted by molar-refractivity contribution is 0.0734. The lowest BCUT2D eigenvalue weighted by atomic mass is 9.93. The lowest BCUT2D eigenvalue weighted by Crippen LogP contribution is -2.08. The van der Waals surface area contributed by atoms with Crippen LogP contribution in [0.4, 0.5) is 4.39 Å². The van der Waals surface area contributed by atoms with Gasteiger partial charge in [0.1, 0.15) is 11.6 Å². The highest BCUT2D eigenvalue weighted by Gasteiger charge is 2.10. The number of carbonyl (C=O) groups is 1. The molecular formula is C37H28FNO2. The molecular weight excluding hydrogens is 509 g/mol. The zero-order valence-electron chi connectivity index (χ0n) is 22.6. The molecule has 0 bridgehead atoms. The van der Waals surface area contributed by atoms with Gasteiger partial charge in [0.15, 0.2) is 0 Å². The number of ether oxygens (including phenoxy) is 1. The number of halogens is 1. The Morgan fingerprint density at radius 2 is 1.51 bits per heavy atom. The molecule has 0 heterocycles. The van der Waals surface area contributed by atoms with Crippen molar-refractivity contribution in [3.8, 4) is 22.9 Å². The Hall–Kier alpha value is -5.27. The first-order valence-corrected chi connectivity index (χ1v) is 13.4. The summed E-state index contributed by atoms with van der Waals surface area (Å²) in [6, 6.07) is 39.3. The van der Waals surface area contributed by atoms with Gasteiger partial charge in [-0.25, -0.2) is 9.18 Å². The van der Waals surface area contributed by atoms with Crippen molar-refractivity contribution in [2.75, 3.05) is 0 Å². The molecule has 1 atom stereocenters. The number of hydrogen-bond donors (Lipinski definition) is 0. The van der Waals surface area contributed by atoms with Crippen molar-refractivity contribution in [3.63, 3.8) is 0 Å². The first kappa shape index (κ1) is 27.3. The maximum absolute atomic E-state index is 15.0. The Kier molecular flexibility index (Phi) is 8.47. The second-order valence-electron chi connectivity index (χ2n) is 9.93. The molecule has 0 saturated carbocycles. The molecule has 0 saturated heterocycles. The van der Waals surface area contributed by atoms with Gasteiger partial charge in [0, 0.05) is 5.56 Å². The molecule has 200 valence electrons. The molecule has 4 heteroatoms. The van der Waals surface area contributed by atoms with E-state index in [1.165, 1.54) is 11.1 Å². The van der Waals surface area contributed by atoms with Crippen LogP contribution in [0, 0.1) is 17.1 Å². The van der Waals surface area contributed by atoms with Gasteiger partial charge in [-0.2, -0.15) is 5.26 Å². The highest BCUT2D eigenvalue weighted by atomic mass is 19.1. The average molecular weight is 538 g/mol. The minimum absolute atomic E-state index is 0.303. The van der Waals surface area contributed by atoms with E-state index in [-0.39, 0.29) is 5.82 Å². The second kappa shape index (κ2) is 12.7. The highest BCUT2D eigenvalue weighted by molar-refractivity contribution is 5.91. The summed E-state index contributed by atoms with van der Waals surface area (Å²) < 4.78 is 20.3. The fourth-order valence-corrected chi connectivity index (χ4v) is 4.61. The smallest absolute Gasteiger partial charge is 0.343 e. The van der Waals surface area contributed by atoms with Gasteiger partial charge in [-0.15, -0.1) is 0 Å². The first-order chi connectivity index (χ1) is 20.0. The minimum atomic E-state index is -0.495. The van der Waals surface area contributed by atoms with E-state index >= 15 is 0 Å². The van der Waals surface area contributed by atoms with Gasteiger partial charge >= 0.3 is 5.97 Å². The van der Waals surface area contributed by atoms with Crippen LogP contribution in [0.2, 0.25) is 0 Å². The predicted octanol–water partition coefficient (Wildman–Crippen LogP) is 9.10. The van der Waals surface area contributed by atoms with E-state index in [4.69, 9.17) is 10.00 Å². The van der Waals surface area contributed by atoms with Crippen LogP contribution in [0.25, 0.3) is 23.3 Å². The number of benzene rings is 5. The van der Waals surface area contributed by atoms with Crippen LogP contribution in [0.3, 0.4) is 0 Å². The standard InChI is InChI=1S/C37H28FNO2/c1-26(30-5-3-2-4-6-30)23-28-10-14-31(15-11-28)34-20-19-32(36(38)24-34)16-7-27-8-17-33(18-9-27)37(40)41-35-21-12-29(25-39)13-22-35/h2-22,24,26H,23H2,1H3/t26-/m0/s1. The van der Waals surface area contributed by atoms with Gasteiger partial charge in [0.05, 0.1) is 17.2 Å². The summed E-state index contributed by atoms with van der Waals surface area (Å²) in [7, 11) is 0. The molecule has 0 aliphatic heterocycles. The molecule has 0 spiro atoms. The van der Waals surface area contributed by atoms with Crippen molar-refractivity contribution < 1.29 is 13.9 Å². The third-order valence-electron chi connectivity index (χ3n) is 6.99. The van der Waals surface area contributed by atoms with Crippen molar-refractivity contribution in [1.29, 1.82) is 5.26 Å². The number of nitriles is 1. The van der Waals surface area contributed by atoms with Crippen molar-refractivity contribution in [1.82, 2.24) is 0 Å². The lowest BCUT2D eigenvalue weighted by Gasteiger charge is -2.12. The van der Waals surface area contributed by atoms with Gasteiger partial charge in [0.2, 0.25) is 0 Å². The van der Waals surface area contributed by atoms with E-state index in [1.807, 2.05) is 30.3 Å². The highest BCUT2D eigenvalue weighted by Crippen LogP contribution is 2.26. The molecule has 0 aromatic heterocycles. The van der Waals surface area contributed by atoms with Crippen LogP contribution in [-0.2, 0) is 6.42 Å². The van der Waals surface area contributed by atoms with Crippen molar-refractivity contribution in [3.05, 3.63) is 161 Å². The van der Waals surface area contributed by atoms with Crippen LogP contribution in [0.1, 0.15) is 51.0 Å². The number of rotatable bonds is 8. The molecule has 5 aromatic carbocycles. The Balaban J connectivity index is 1.20. The molecule has 0 aliphatic carbocycles. The van der Waals surface area contributed by atoms with Crippen LogP contribution >= 0.6 is 0 Å². The molecule has 5 aromatic rings. The zero-order chi connectivity index (χ0) is 28.6. The summed E-state index contributed by atoms with van der Waals surface area (Å²) >= 11 is 0. The van der Waals surface area contributed by atoms with E-state index in [9.17, 15) is 9.18 Å². The summed E-state index contributed by atoms with van der Waals surface area (Å²) in [5, 5.41) is 8.88. The molecule has 0 aliphatic rings. The Morgan fingerprint density at radius 3 is 2.17 bits per heavy atom. The molecule has 0 unspecified atom stereocenters. The van der Waals surface area contributed by atoms with E-state index in [1.54, 1.807) is 72.8 Å². The van der Waals surface area contributed by atoms with Gasteiger partial charge in [0.25, 0.3) is 0 Å². The molecule has 3 nitrogen and oxygen atoms in total. The second-order valence-corrected chi connectivity index (χ2v) is 9.93. The predicted molar refractivity (Wildman–Crippen MR) is 162 cm³/mol. The SMILES string of the molecule is C[C@@H](Cc1ccc(-c2ccc(C=Cc3ccc(C(=O)Oc4ccc(C#N)cc4)cc3)c(F)c2)cc1)c1ccccc1. The third-order valence-corrected chi connectivity index (χ3v) is 6.99. The quantitative estimate of drug-likeness (QED) is 0.113. The summed E-state index contributed by atoms with van der Waals surface area (Å²) in [4.78, 5) is 12.4. The van der Waals surface area contributed by atoms with Gasteiger partial charge < -0.3 is 4.74 Å². The molecule has 41 heavy (non-hydrogen) atoms. The van der Waals surface area contributed by atoms with E-state index in [0.29, 0.717) is 28.4 Å². The maximum Gasteiger partial charge on any atom is 0.343 e. The Labute approximate surface area is 239 Å². The summed E-state index contributed by atoms with van der Waals surface area (Å²) in [6.07, 6.45) is 4.47. The van der Waals surface area contributed by atoms with Crippen molar-refractivity contribution in [2.24, 2.45) is 0 Å². The third kappa shape index (κ3) is 7.03. The first-order valence-electron chi connectivity index (χ1n) is 13.4. The van der Waals surface area contributed by atoms with Gasteiger partial charge in [-0.1, -0.05) is 97.9 Å². The topological polar surface area (TPSA) is 50.1 Å². The molecule has 0 fully saturated rings. The number of nitrogens with zero attached hydrogens (tertiary/aromatic N) is 1. The average Bonchev–Trinajstić information content (AvgIpc) is 3.02. The van der Waals surface area contributed by atoms with Crippen molar-refractivity contribution >= 4 is 18.1 Å². The Bertz CT molecular complexity index is 1700. The van der Waals surface area contributed by atoms with E-state index in [0.717, 1.165) is 23.1 Å². The fraction of sp³-hybridized carbons (Fsp3) is 0.0811. The van der Waals surface area contributed by atoms with Crippen LogP contribution in [0.5, 0.6) is 5.75 Å². The molecule has 0 amide bonds. The summed E-state index contributed by atoms with van der Waals surface area (Å²) in [5.41, 5.74) is 6.55. The largest absolute Gasteiger partial charge is 0.423 e. The van der Waals surface area contributed by atoms with Gasteiger partial charge in [-0.3, -0.25) is 0 Å². The fourth-order valence-electron chi connectivity index (χ4n) is 4.61. The zero-order valence-corrected chi connectivity index (χ0v) is 22.6. The van der Waals surface area contributed by atoms with Crippen LogP contribution in [0.15, 0.2) is 121 Å². The number of carbonyl (C=O) groups excluding carboxylic acids is 1. The maximum atomic E-state index is 15.0. The molecule has 0 N–H and O–H groups in total. The normalized spacial score (nSPS) is 11.6. The van der Waals surface area contributed by atoms with E-state index < -0.39 is 5.97 Å². The molecule has 5 rings (SSSR count). The monoisotopic (exact) mass is 537 g/mol. The molecule has 0 radical (unpaired) electrons. The number of hydrogen-bond acceptors (Lipinski definition) is 3. The summed E-state index contributed by atoms with van der Waals surface area (Å²) in [5.74, 6) is -0.0104. The van der Waals surface area contributed by atoms with Crippen molar-refractivity contribution in [2.45, 2.75) is 19.3 Å².